The number of ether oxygens (including phenoxy) is 1. The summed E-state index contributed by atoms with van der Waals surface area (Å²) in [6.45, 7) is 1.12. The van der Waals surface area contributed by atoms with Crippen LogP contribution in [0, 0.1) is 5.82 Å². The summed E-state index contributed by atoms with van der Waals surface area (Å²) in [5.41, 5.74) is 6.80. The Labute approximate surface area is 110 Å². The number of rotatable bonds is 5. The summed E-state index contributed by atoms with van der Waals surface area (Å²) in [5.74, 6) is 0.305. The van der Waals surface area contributed by atoms with Crippen molar-refractivity contribution in [2.24, 2.45) is 5.73 Å². The number of aromatic nitrogens is 2. The second-order valence-electron chi connectivity index (χ2n) is 3.86. The zero-order valence-corrected chi connectivity index (χ0v) is 10.6. The van der Waals surface area contributed by atoms with Crippen molar-refractivity contribution in [3.05, 3.63) is 36.4 Å². The van der Waals surface area contributed by atoms with Crippen molar-refractivity contribution in [1.29, 1.82) is 0 Å². The van der Waals surface area contributed by atoms with E-state index in [1.54, 1.807) is 24.5 Å². The fraction of sp³-hybridized carbons (Fsp3) is 0.231. The minimum absolute atomic E-state index is 0.214. The first kappa shape index (κ1) is 13.2. The van der Waals surface area contributed by atoms with Crippen molar-refractivity contribution in [3.63, 3.8) is 0 Å². The monoisotopic (exact) mass is 262 g/mol. The van der Waals surface area contributed by atoms with Gasteiger partial charge in [-0.05, 0) is 17.7 Å². The van der Waals surface area contributed by atoms with Gasteiger partial charge in [-0.1, -0.05) is 6.07 Å². The molecule has 1 aromatic heterocycles. The minimum Gasteiger partial charge on any atom is -0.494 e. The van der Waals surface area contributed by atoms with Crippen LogP contribution in [0.3, 0.4) is 0 Å². The van der Waals surface area contributed by atoms with Crippen LogP contribution < -0.4 is 15.8 Å². The molecule has 0 atom stereocenters. The van der Waals surface area contributed by atoms with Crippen LogP contribution in [0.5, 0.6) is 5.75 Å². The molecule has 19 heavy (non-hydrogen) atoms. The fourth-order valence-electron chi connectivity index (χ4n) is 1.60. The average Bonchev–Trinajstić information content (AvgIpc) is 2.45. The molecule has 0 amide bonds. The number of nitrogens with two attached hydrogens (primary N) is 1. The van der Waals surface area contributed by atoms with E-state index in [-0.39, 0.29) is 5.75 Å². The topological polar surface area (TPSA) is 73.1 Å². The van der Waals surface area contributed by atoms with Crippen LogP contribution in [0.1, 0.15) is 0 Å². The second kappa shape index (κ2) is 6.10. The highest BCUT2D eigenvalue weighted by molar-refractivity contribution is 5.63. The lowest BCUT2D eigenvalue weighted by Crippen LogP contribution is -2.14. The number of methoxy groups -OCH3 is 1. The summed E-state index contributed by atoms with van der Waals surface area (Å²) in [4.78, 5) is 8.27. The molecule has 5 nitrogen and oxygen atoms in total. The molecular weight excluding hydrogens is 247 g/mol. The second-order valence-corrected chi connectivity index (χ2v) is 3.86. The Morgan fingerprint density at radius 1 is 1.26 bits per heavy atom. The summed E-state index contributed by atoms with van der Waals surface area (Å²) < 4.78 is 18.5. The zero-order valence-electron chi connectivity index (χ0n) is 10.6. The van der Waals surface area contributed by atoms with Crippen molar-refractivity contribution in [2.75, 3.05) is 25.5 Å². The number of benzene rings is 1. The highest BCUT2D eigenvalue weighted by Gasteiger charge is 2.06. The van der Waals surface area contributed by atoms with Gasteiger partial charge in [0.2, 0.25) is 5.95 Å². The number of anilines is 1. The molecule has 0 saturated heterocycles. The Hall–Kier alpha value is -2.21. The van der Waals surface area contributed by atoms with E-state index in [0.29, 0.717) is 24.6 Å². The van der Waals surface area contributed by atoms with Crippen LogP contribution >= 0.6 is 0 Å². The van der Waals surface area contributed by atoms with Gasteiger partial charge in [0.05, 0.1) is 7.11 Å². The normalized spacial score (nSPS) is 10.3. The highest BCUT2D eigenvalue weighted by atomic mass is 19.1. The molecule has 0 spiro atoms. The van der Waals surface area contributed by atoms with Crippen LogP contribution in [0.4, 0.5) is 10.3 Å². The van der Waals surface area contributed by atoms with Gasteiger partial charge in [0.1, 0.15) is 0 Å². The Morgan fingerprint density at radius 2 is 2.00 bits per heavy atom. The van der Waals surface area contributed by atoms with Crippen LogP contribution in [-0.4, -0.2) is 30.2 Å². The summed E-state index contributed by atoms with van der Waals surface area (Å²) >= 11 is 0. The lowest BCUT2D eigenvalue weighted by atomic mass is 10.1. The number of hydrogen-bond acceptors (Lipinski definition) is 5. The van der Waals surface area contributed by atoms with Gasteiger partial charge in [-0.15, -0.1) is 0 Å². The van der Waals surface area contributed by atoms with E-state index in [0.717, 1.165) is 5.56 Å². The molecular formula is C13H15FN4O. The smallest absolute Gasteiger partial charge is 0.222 e. The van der Waals surface area contributed by atoms with Gasteiger partial charge in [-0.3, -0.25) is 0 Å². The summed E-state index contributed by atoms with van der Waals surface area (Å²) in [7, 11) is 1.43. The first-order chi connectivity index (χ1) is 9.24. The molecule has 0 saturated carbocycles. The van der Waals surface area contributed by atoms with Crippen molar-refractivity contribution in [2.45, 2.75) is 0 Å². The number of hydrogen-bond donors (Lipinski definition) is 2. The van der Waals surface area contributed by atoms with Crippen molar-refractivity contribution >= 4 is 5.95 Å². The third-order valence-corrected chi connectivity index (χ3v) is 2.56. The molecule has 0 bridgehead atoms. The number of nitrogens with zero attached hydrogens (tertiary/aromatic N) is 2. The van der Waals surface area contributed by atoms with Gasteiger partial charge in [0.25, 0.3) is 0 Å². The third-order valence-electron chi connectivity index (χ3n) is 2.56. The van der Waals surface area contributed by atoms with Crippen molar-refractivity contribution in [1.82, 2.24) is 9.97 Å². The molecule has 1 heterocycles. The van der Waals surface area contributed by atoms with Crippen molar-refractivity contribution < 1.29 is 9.13 Å². The SMILES string of the molecule is COc1ccc(-c2cnc(NCCN)nc2)cc1F. The number of halogens is 1. The van der Waals surface area contributed by atoms with E-state index in [1.165, 1.54) is 13.2 Å². The van der Waals surface area contributed by atoms with E-state index in [4.69, 9.17) is 10.5 Å². The van der Waals surface area contributed by atoms with Crippen LogP contribution in [0.25, 0.3) is 11.1 Å². The first-order valence-corrected chi connectivity index (χ1v) is 5.84. The Bertz CT molecular complexity index is 545. The Morgan fingerprint density at radius 3 is 2.58 bits per heavy atom. The quantitative estimate of drug-likeness (QED) is 0.857. The standard InChI is InChI=1S/C13H15FN4O/c1-19-12-3-2-9(6-11(12)14)10-7-17-13(18-8-10)16-5-4-15/h2-3,6-8H,4-5,15H2,1H3,(H,16,17,18). The van der Waals surface area contributed by atoms with Crippen LogP contribution in [0.2, 0.25) is 0 Å². The largest absolute Gasteiger partial charge is 0.494 e. The molecule has 6 heteroatoms. The van der Waals surface area contributed by atoms with Gasteiger partial charge < -0.3 is 15.8 Å². The number of nitrogens with one attached hydrogen (secondary N) is 1. The molecule has 0 radical (unpaired) electrons. The van der Waals surface area contributed by atoms with Gasteiger partial charge in [-0.2, -0.15) is 0 Å². The Kier molecular flexibility index (Phi) is 4.25. The van der Waals surface area contributed by atoms with Gasteiger partial charge in [0, 0.05) is 31.0 Å². The first-order valence-electron chi connectivity index (χ1n) is 5.84. The molecule has 2 rings (SSSR count). The van der Waals surface area contributed by atoms with E-state index in [9.17, 15) is 4.39 Å². The lowest BCUT2D eigenvalue weighted by molar-refractivity contribution is 0.386. The minimum atomic E-state index is -0.412. The lowest BCUT2D eigenvalue weighted by Gasteiger charge is -2.06. The van der Waals surface area contributed by atoms with Gasteiger partial charge in [-0.25, -0.2) is 14.4 Å². The van der Waals surface area contributed by atoms with Gasteiger partial charge in [0.15, 0.2) is 11.6 Å². The van der Waals surface area contributed by atoms with E-state index >= 15 is 0 Å². The van der Waals surface area contributed by atoms with Gasteiger partial charge >= 0.3 is 0 Å². The van der Waals surface area contributed by atoms with Crippen molar-refractivity contribution in [3.8, 4) is 16.9 Å². The van der Waals surface area contributed by atoms with E-state index in [1.807, 2.05) is 0 Å². The molecule has 0 aliphatic heterocycles. The molecule has 0 fully saturated rings. The predicted octanol–water partition coefficient (Wildman–Crippen LogP) is 1.66. The van der Waals surface area contributed by atoms with E-state index in [2.05, 4.69) is 15.3 Å². The maximum atomic E-state index is 13.6. The highest BCUT2D eigenvalue weighted by Crippen LogP contribution is 2.24. The molecule has 0 unspecified atom stereocenters. The maximum Gasteiger partial charge on any atom is 0.222 e. The van der Waals surface area contributed by atoms with Crippen LogP contribution in [-0.2, 0) is 0 Å². The summed E-state index contributed by atoms with van der Waals surface area (Å²) in [6, 6.07) is 4.73. The third kappa shape index (κ3) is 3.17. The summed E-state index contributed by atoms with van der Waals surface area (Å²) in [5, 5.41) is 2.96. The van der Waals surface area contributed by atoms with Crippen LogP contribution in [0.15, 0.2) is 30.6 Å². The summed E-state index contributed by atoms with van der Waals surface area (Å²) in [6.07, 6.45) is 3.26. The molecule has 0 aliphatic carbocycles. The molecule has 100 valence electrons. The predicted molar refractivity (Wildman–Crippen MR) is 71.5 cm³/mol. The average molecular weight is 262 g/mol. The molecule has 3 N–H and O–H groups in total. The van der Waals surface area contributed by atoms with E-state index < -0.39 is 5.82 Å². The molecule has 0 aliphatic rings. The zero-order chi connectivity index (χ0) is 13.7. The Balaban J connectivity index is 2.19. The molecule has 1 aromatic carbocycles. The fourth-order valence-corrected chi connectivity index (χ4v) is 1.60. The maximum absolute atomic E-state index is 13.6. The molecule has 2 aromatic rings.